The number of benzene rings is 3. The number of hydrogen-bond acceptors (Lipinski definition) is 1. The molecule has 1 N–H and O–H groups in total. The monoisotopic (exact) mass is 419 g/mol. The van der Waals surface area contributed by atoms with Crippen molar-refractivity contribution in [3.05, 3.63) is 95.3 Å². The quantitative estimate of drug-likeness (QED) is 0.343. The van der Waals surface area contributed by atoms with E-state index in [9.17, 15) is 17.3 Å². The summed E-state index contributed by atoms with van der Waals surface area (Å²) in [6, 6.07) is 27.8. The van der Waals surface area contributed by atoms with Gasteiger partial charge in [0.1, 0.15) is 11.3 Å². The van der Waals surface area contributed by atoms with Crippen LogP contribution >= 0.6 is 11.6 Å². The van der Waals surface area contributed by atoms with E-state index in [-0.39, 0.29) is 0 Å². The smallest absolute Gasteiger partial charge is 0.456 e. The maximum atomic E-state index is 9.75. The van der Waals surface area contributed by atoms with Crippen molar-refractivity contribution in [2.45, 2.75) is 0 Å². The van der Waals surface area contributed by atoms with Crippen LogP contribution in [0.3, 0.4) is 0 Å². The molecular weight excluding hydrogens is 404 g/mol. The first-order valence-electron chi connectivity index (χ1n) is 8.61. The lowest BCUT2D eigenvalue weighted by Gasteiger charge is -2.03. The van der Waals surface area contributed by atoms with Crippen molar-refractivity contribution in [3.8, 4) is 11.3 Å². The molecule has 0 saturated carbocycles. The number of hydrogen-bond donors (Lipinski definition) is 1. The average molecular weight is 420 g/mol. The SMILES string of the molecule is Clc1ccc(-c2cc(=[NH+]c3ccccc3)c3ccccc3o2)cc1.F[B-](F)(F)F. The Kier molecular flexibility index (Phi) is 6.39. The van der Waals surface area contributed by atoms with Gasteiger partial charge in [0.2, 0.25) is 11.0 Å². The van der Waals surface area contributed by atoms with E-state index in [1.165, 1.54) is 0 Å². The minimum Gasteiger partial charge on any atom is -0.456 e. The van der Waals surface area contributed by atoms with Crippen molar-refractivity contribution in [1.29, 1.82) is 0 Å². The normalized spacial score (nSPS) is 11.8. The average Bonchev–Trinajstić information content (AvgIpc) is 2.68. The number of fused-ring (bicyclic) bond motifs is 1. The maximum Gasteiger partial charge on any atom is 0.673 e. The molecule has 4 aromatic rings. The van der Waals surface area contributed by atoms with Gasteiger partial charge in [-0.1, -0.05) is 41.9 Å². The lowest BCUT2D eigenvalue weighted by atomic mass is 10.1. The summed E-state index contributed by atoms with van der Waals surface area (Å²) in [5.41, 5.74) is 2.86. The third-order valence-electron chi connectivity index (χ3n) is 3.85. The highest BCUT2D eigenvalue weighted by molar-refractivity contribution is 6.50. The van der Waals surface area contributed by atoms with Crippen LogP contribution in [0, 0.1) is 0 Å². The third-order valence-corrected chi connectivity index (χ3v) is 4.11. The Morgan fingerprint density at radius 1 is 0.759 bits per heavy atom. The summed E-state index contributed by atoms with van der Waals surface area (Å²) in [5.74, 6) is 0.795. The van der Waals surface area contributed by atoms with E-state index in [0.717, 1.165) is 33.3 Å². The summed E-state index contributed by atoms with van der Waals surface area (Å²) in [7, 11) is -6.00. The summed E-state index contributed by atoms with van der Waals surface area (Å²) in [4.78, 5) is 3.48. The van der Waals surface area contributed by atoms with Crippen LogP contribution in [0.25, 0.3) is 22.3 Å². The van der Waals surface area contributed by atoms with Gasteiger partial charge in [0, 0.05) is 22.7 Å². The van der Waals surface area contributed by atoms with Gasteiger partial charge in [0.15, 0.2) is 0 Å². The number of halogens is 5. The highest BCUT2D eigenvalue weighted by atomic mass is 35.5. The molecule has 0 unspecified atom stereocenters. The van der Waals surface area contributed by atoms with Gasteiger partial charge in [-0.05, 0) is 36.4 Å². The molecule has 1 heterocycles. The van der Waals surface area contributed by atoms with E-state index in [1.54, 1.807) is 0 Å². The summed E-state index contributed by atoms with van der Waals surface area (Å²) in [6.45, 7) is 0. The molecule has 0 radical (unpaired) electrons. The van der Waals surface area contributed by atoms with Crippen molar-refractivity contribution in [1.82, 2.24) is 0 Å². The van der Waals surface area contributed by atoms with E-state index in [4.69, 9.17) is 16.0 Å². The summed E-state index contributed by atoms with van der Waals surface area (Å²) in [5, 5.41) is 2.76. The zero-order valence-electron chi connectivity index (χ0n) is 15.0. The predicted molar refractivity (Wildman–Crippen MR) is 107 cm³/mol. The molecule has 0 atom stereocenters. The molecule has 0 aliphatic heterocycles. The molecule has 0 spiro atoms. The van der Waals surface area contributed by atoms with Crippen LogP contribution in [0.2, 0.25) is 5.02 Å². The van der Waals surface area contributed by atoms with E-state index >= 15 is 0 Å². The Morgan fingerprint density at radius 2 is 1.34 bits per heavy atom. The van der Waals surface area contributed by atoms with Crippen molar-refractivity contribution in [2.75, 3.05) is 0 Å². The highest BCUT2D eigenvalue weighted by Gasteiger charge is 2.20. The van der Waals surface area contributed by atoms with Crippen molar-refractivity contribution >= 4 is 35.5 Å². The Labute approximate surface area is 169 Å². The molecule has 0 fully saturated rings. The minimum atomic E-state index is -6.00. The molecule has 0 amide bonds. The summed E-state index contributed by atoms with van der Waals surface area (Å²) >= 11 is 5.99. The Hall–Kier alpha value is -3.06. The van der Waals surface area contributed by atoms with Crippen LogP contribution in [-0.4, -0.2) is 7.25 Å². The molecule has 3 aromatic carbocycles. The molecule has 0 aliphatic rings. The van der Waals surface area contributed by atoms with Gasteiger partial charge >= 0.3 is 7.25 Å². The second-order valence-corrected chi connectivity index (χ2v) is 6.45. The van der Waals surface area contributed by atoms with Crippen LogP contribution in [0.1, 0.15) is 0 Å². The standard InChI is InChI=1S/C21H14ClNO.BF4/c22-16-12-10-15(11-13-16)21-14-19(23-17-6-2-1-3-7-17)18-8-4-5-9-20(18)24-21;2-1(3,4)5/h1-14H;/q;-1/p+1. The molecule has 0 aliphatic carbocycles. The van der Waals surface area contributed by atoms with Gasteiger partial charge < -0.3 is 21.7 Å². The van der Waals surface area contributed by atoms with Crippen LogP contribution in [0.5, 0.6) is 0 Å². The Balaban J connectivity index is 0.000000431. The third kappa shape index (κ3) is 6.22. The maximum absolute atomic E-state index is 9.75. The van der Waals surface area contributed by atoms with Crippen molar-refractivity contribution in [2.24, 2.45) is 0 Å². The molecule has 2 nitrogen and oxygen atoms in total. The molecular formula is C21H15BClF4NO. The lowest BCUT2D eigenvalue weighted by molar-refractivity contribution is -0.400. The van der Waals surface area contributed by atoms with Gasteiger partial charge in [-0.15, -0.1) is 0 Å². The molecule has 1 aromatic heterocycles. The molecule has 29 heavy (non-hydrogen) atoms. The largest absolute Gasteiger partial charge is 0.673 e. The van der Waals surface area contributed by atoms with E-state index in [1.807, 2.05) is 78.9 Å². The predicted octanol–water partition coefficient (Wildman–Crippen LogP) is 5.37. The van der Waals surface area contributed by atoms with Crippen LogP contribution in [0.4, 0.5) is 23.0 Å². The molecule has 0 saturated heterocycles. The fourth-order valence-electron chi connectivity index (χ4n) is 2.67. The topological polar surface area (TPSA) is 27.1 Å². The first-order chi connectivity index (χ1) is 13.8. The van der Waals surface area contributed by atoms with Gasteiger partial charge in [0.05, 0.1) is 11.5 Å². The number of para-hydroxylation sites is 2. The summed E-state index contributed by atoms with van der Waals surface area (Å²) in [6.07, 6.45) is 0. The minimum absolute atomic E-state index is 0.710. The molecule has 0 bridgehead atoms. The van der Waals surface area contributed by atoms with Crippen LogP contribution < -0.4 is 10.3 Å². The molecule has 4 rings (SSSR count). The fraction of sp³-hybridized carbons (Fsp3) is 0. The van der Waals surface area contributed by atoms with E-state index < -0.39 is 7.25 Å². The van der Waals surface area contributed by atoms with Crippen molar-refractivity contribution in [3.63, 3.8) is 0 Å². The molecule has 8 heteroatoms. The number of rotatable bonds is 2. The fourth-order valence-corrected chi connectivity index (χ4v) is 2.80. The second-order valence-electron chi connectivity index (χ2n) is 6.01. The van der Waals surface area contributed by atoms with Gasteiger partial charge in [-0.25, -0.2) is 4.99 Å². The summed E-state index contributed by atoms with van der Waals surface area (Å²) < 4.78 is 45.1. The van der Waals surface area contributed by atoms with Crippen molar-refractivity contribution < 1.29 is 26.7 Å². The van der Waals surface area contributed by atoms with Gasteiger partial charge in [0.25, 0.3) is 0 Å². The lowest BCUT2D eigenvalue weighted by Crippen LogP contribution is -2.70. The highest BCUT2D eigenvalue weighted by Crippen LogP contribution is 2.23. The van der Waals surface area contributed by atoms with E-state index in [0.29, 0.717) is 5.02 Å². The Morgan fingerprint density at radius 3 is 2.00 bits per heavy atom. The zero-order chi connectivity index (χ0) is 20.9. The first kappa shape index (κ1) is 20.7. The second kappa shape index (κ2) is 8.96. The van der Waals surface area contributed by atoms with Crippen LogP contribution in [-0.2, 0) is 0 Å². The van der Waals surface area contributed by atoms with Gasteiger partial charge in [-0.3, -0.25) is 0 Å². The Bertz CT molecular complexity index is 1150. The van der Waals surface area contributed by atoms with Crippen LogP contribution in [0.15, 0.2) is 89.3 Å². The number of nitrogens with one attached hydrogen (secondary N) is 1. The van der Waals surface area contributed by atoms with E-state index in [2.05, 4.69) is 11.1 Å². The van der Waals surface area contributed by atoms with Gasteiger partial charge in [-0.2, -0.15) is 0 Å². The molecule has 148 valence electrons. The zero-order valence-corrected chi connectivity index (χ0v) is 15.7. The first-order valence-corrected chi connectivity index (χ1v) is 8.98.